The molecule has 0 bridgehead atoms. The zero-order chi connectivity index (χ0) is 16.0. The van der Waals surface area contributed by atoms with Crippen molar-refractivity contribution in [2.24, 2.45) is 0 Å². The molecule has 0 saturated carbocycles. The van der Waals surface area contributed by atoms with Crippen molar-refractivity contribution in [2.45, 2.75) is 51.8 Å². The second-order valence-electron chi connectivity index (χ2n) is 6.27. The van der Waals surface area contributed by atoms with Crippen molar-refractivity contribution >= 4 is 5.69 Å². The van der Waals surface area contributed by atoms with Gasteiger partial charge in [-0.05, 0) is 39.8 Å². The third kappa shape index (κ3) is 5.65. The van der Waals surface area contributed by atoms with Crippen molar-refractivity contribution in [3.63, 3.8) is 0 Å². The molecule has 1 N–H and O–H groups in total. The van der Waals surface area contributed by atoms with Gasteiger partial charge in [0.2, 0.25) is 0 Å². The number of nitrogens with one attached hydrogen (secondary N) is 1. The van der Waals surface area contributed by atoms with E-state index in [9.17, 15) is 5.26 Å². The van der Waals surface area contributed by atoms with Gasteiger partial charge in [-0.25, -0.2) is 0 Å². The first-order chi connectivity index (χ1) is 9.75. The van der Waals surface area contributed by atoms with Crippen molar-refractivity contribution in [1.29, 1.82) is 5.26 Å². The molecule has 0 aromatic heterocycles. The molecule has 0 heterocycles. The maximum absolute atomic E-state index is 9.39. The fourth-order valence-electron chi connectivity index (χ4n) is 2.46. The minimum absolute atomic E-state index is 0.0432. The van der Waals surface area contributed by atoms with Gasteiger partial charge in [-0.3, -0.25) is 5.32 Å². The Morgan fingerprint density at radius 3 is 2.52 bits per heavy atom. The number of rotatable bonds is 7. The van der Waals surface area contributed by atoms with E-state index in [1.165, 1.54) is 0 Å². The lowest BCUT2D eigenvalue weighted by Gasteiger charge is -2.29. The van der Waals surface area contributed by atoms with Crippen molar-refractivity contribution in [1.82, 2.24) is 5.32 Å². The largest absolute Gasteiger partial charge is 0.491 e. The summed E-state index contributed by atoms with van der Waals surface area (Å²) in [5.74, 6) is 0.832. The number of ether oxygens (including phenoxy) is 1. The summed E-state index contributed by atoms with van der Waals surface area (Å²) >= 11 is 0. The second kappa shape index (κ2) is 7.33. The van der Waals surface area contributed by atoms with Gasteiger partial charge < -0.3 is 9.64 Å². The Balaban J connectivity index is 2.71. The first-order valence-electron chi connectivity index (χ1n) is 7.39. The van der Waals surface area contributed by atoms with Gasteiger partial charge in [-0.15, -0.1) is 0 Å². The summed E-state index contributed by atoms with van der Waals surface area (Å²) in [6.45, 7) is 8.01. The van der Waals surface area contributed by atoms with Crippen LogP contribution in [-0.4, -0.2) is 31.8 Å². The zero-order valence-corrected chi connectivity index (χ0v) is 14.0. The molecule has 0 radical (unpaired) electrons. The van der Waals surface area contributed by atoms with Crippen molar-refractivity contribution in [2.75, 3.05) is 19.0 Å². The van der Waals surface area contributed by atoms with Crippen LogP contribution in [0.2, 0.25) is 0 Å². The molecule has 0 aliphatic rings. The number of nitrogens with zero attached hydrogens (tertiary/aromatic N) is 2. The maximum atomic E-state index is 9.39. The fourth-order valence-corrected chi connectivity index (χ4v) is 2.46. The van der Waals surface area contributed by atoms with Gasteiger partial charge in [0, 0.05) is 38.3 Å². The number of benzene rings is 1. The Labute approximate surface area is 128 Å². The number of nitriles is 1. The summed E-state index contributed by atoms with van der Waals surface area (Å²) in [4.78, 5) is 2.04. The Kier molecular flexibility index (Phi) is 6.04. The Morgan fingerprint density at radius 1 is 1.33 bits per heavy atom. The molecule has 116 valence electrons. The summed E-state index contributed by atoms with van der Waals surface area (Å²) in [5.41, 5.74) is 0.523. The second-order valence-corrected chi connectivity index (χ2v) is 6.27. The number of hydrogen-bond acceptors (Lipinski definition) is 4. The van der Waals surface area contributed by atoms with Gasteiger partial charge in [-0.1, -0.05) is 6.07 Å². The Morgan fingerprint density at radius 2 is 2.00 bits per heavy atom. The highest BCUT2D eigenvalue weighted by molar-refractivity contribution is 5.49. The minimum Gasteiger partial charge on any atom is -0.491 e. The highest BCUT2D eigenvalue weighted by Crippen LogP contribution is 2.22. The van der Waals surface area contributed by atoms with E-state index in [2.05, 4.69) is 11.4 Å². The first kappa shape index (κ1) is 17.3. The van der Waals surface area contributed by atoms with Crippen LogP contribution >= 0.6 is 0 Å². The van der Waals surface area contributed by atoms with Gasteiger partial charge in [0.1, 0.15) is 11.3 Å². The fraction of sp³-hybridized carbons (Fsp3) is 0.588. The van der Waals surface area contributed by atoms with Crippen LogP contribution in [0.3, 0.4) is 0 Å². The molecule has 2 unspecified atom stereocenters. The predicted molar refractivity (Wildman–Crippen MR) is 87.8 cm³/mol. The molecule has 1 aromatic rings. The van der Waals surface area contributed by atoms with Crippen LogP contribution < -0.4 is 15.0 Å². The van der Waals surface area contributed by atoms with E-state index in [1.54, 1.807) is 0 Å². The molecule has 0 spiro atoms. The average Bonchev–Trinajstić information content (AvgIpc) is 2.37. The van der Waals surface area contributed by atoms with Crippen molar-refractivity contribution in [3.05, 3.63) is 24.3 Å². The normalized spacial score (nSPS) is 15.1. The summed E-state index contributed by atoms with van der Waals surface area (Å²) in [6, 6.07) is 10.6. The van der Waals surface area contributed by atoms with E-state index in [0.717, 1.165) is 11.4 Å². The van der Waals surface area contributed by atoms with Crippen LogP contribution in [0.5, 0.6) is 5.75 Å². The van der Waals surface area contributed by atoms with Crippen LogP contribution in [-0.2, 0) is 0 Å². The molecule has 4 nitrogen and oxygen atoms in total. The Hall–Kier alpha value is -1.73. The minimum atomic E-state index is -0.577. The quantitative estimate of drug-likeness (QED) is 0.837. The van der Waals surface area contributed by atoms with Crippen molar-refractivity contribution < 1.29 is 4.74 Å². The highest BCUT2D eigenvalue weighted by Gasteiger charge is 2.27. The maximum Gasteiger partial charge on any atom is 0.121 e. The molecule has 2 atom stereocenters. The zero-order valence-electron chi connectivity index (χ0n) is 14.0. The van der Waals surface area contributed by atoms with E-state index in [-0.39, 0.29) is 12.1 Å². The van der Waals surface area contributed by atoms with E-state index >= 15 is 0 Å². The monoisotopic (exact) mass is 289 g/mol. The standard InChI is InChI=1S/C17H27N3O/c1-13(2)19-17(4,12-18)11-14(3)21-16-9-7-8-15(10-16)20(5)6/h7-10,13-14,19H,11H2,1-6H3. The van der Waals surface area contributed by atoms with Crippen molar-refractivity contribution in [3.8, 4) is 11.8 Å². The molecule has 0 amide bonds. The van der Waals surface area contributed by atoms with E-state index in [0.29, 0.717) is 6.42 Å². The smallest absolute Gasteiger partial charge is 0.121 e. The summed E-state index contributed by atoms with van der Waals surface area (Å²) in [6.07, 6.45) is 0.590. The molecule has 0 aliphatic carbocycles. The molecule has 4 heteroatoms. The topological polar surface area (TPSA) is 48.3 Å². The lowest BCUT2D eigenvalue weighted by molar-refractivity contribution is 0.176. The van der Waals surface area contributed by atoms with Gasteiger partial charge >= 0.3 is 0 Å². The third-order valence-corrected chi connectivity index (χ3v) is 3.22. The van der Waals surface area contributed by atoms with Crippen LogP contribution in [0.15, 0.2) is 24.3 Å². The predicted octanol–water partition coefficient (Wildman–Crippen LogP) is 3.19. The molecule has 1 aromatic carbocycles. The SMILES string of the molecule is CC(C)NC(C)(C#N)CC(C)Oc1cccc(N(C)C)c1. The molecule has 21 heavy (non-hydrogen) atoms. The lowest BCUT2D eigenvalue weighted by atomic mass is 9.95. The molecule has 1 rings (SSSR count). The van der Waals surface area contributed by atoms with Gasteiger partial charge in [0.05, 0.1) is 12.2 Å². The summed E-state index contributed by atoms with van der Waals surface area (Å²) in [5, 5.41) is 12.7. The average molecular weight is 289 g/mol. The number of anilines is 1. The van der Waals surface area contributed by atoms with Crippen LogP contribution in [0.1, 0.15) is 34.1 Å². The third-order valence-electron chi connectivity index (χ3n) is 3.22. The Bertz CT molecular complexity index is 493. The van der Waals surface area contributed by atoms with Gasteiger partial charge in [0.25, 0.3) is 0 Å². The molecule has 0 saturated heterocycles. The van der Waals surface area contributed by atoms with Crippen LogP contribution in [0, 0.1) is 11.3 Å². The van der Waals surface area contributed by atoms with E-state index in [1.807, 2.05) is 71.0 Å². The molecular weight excluding hydrogens is 262 g/mol. The van der Waals surface area contributed by atoms with E-state index < -0.39 is 5.54 Å². The molecule has 0 aliphatic heterocycles. The highest BCUT2D eigenvalue weighted by atomic mass is 16.5. The summed E-state index contributed by atoms with van der Waals surface area (Å²) in [7, 11) is 4.00. The lowest BCUT2D eigenvalue weighted by Crippen LogP contribution is -2.47. The van der Waals surface area contributed by atoms with Crippen LogP contribution in [0.4, 0.5) is 5.69 Å². The molecular formula is C17H27N3O. The van der Waals surface area contributed by atoms with Gasteiger partial charge in [0.15, 0.2) is 0 Å². The van der Waals surface area contributed by atoms with Crippen LogP contribution in [0.25, 0.3) is 0 Å². The first-order valence-corrected chi connectivity index (χ1v) is 7.39. The molecule has 0 fully saturated rings. The van der Waals surface area contributed by atoms with Gasteiger partial charge in [-0.2, -0.15) is 5.26 Å². The number of hydrogen-bond donors (Lipinski definition) is 1. The summed E-state index contributed by atoms with van der Waals surface area (Å²) < 4.78 is 5.97. The van der Waals surface area contributed by atoms with E-state index in [4.69, 9.17) is 4.74 Å².